The first-order valence-electron chi connectivity index (χ1n) is 6.50. The van der Waals surface area contributed by atoms with Crippen LogP contribution in [0.5, 0.6) is 0 Å². The highest BCUT2D eigenvalue weighted by molar-refractivity contribution is 5.23. The Balaban J connectivity index is 1.93. The first kappa shape index (κ1) is 13.7. The van der Waals surface area contributed by atoms with Gasteiger partial charge in [-0.2, -0.15) is 0 Å². The number of hydrogen-bond donors (Lipinski definition) is 1. The first-order valence-corrected chi connectivity index (χ1v) is 6.50. The van der Waals surface area contributed by atoms with Gasteiger partial charge in [-0.1, -0.05) is 30.3 Å². The van der Waals surface area contributed by atoms with E-state index in [-0.39, 0.29) is 6.04 Å². The molecule has 0 saturated heterocycles. The summed E-state index contributed by atoms with van der Waals surface area (Å²) >= 11 is 0. The normalized spacial score (nSPS) is 12.3. The molecule has 0 radical (unpaired) electrons. The molecule has 0 spiro atoms. The summed E-state index contributed by atoms with van der Waals surface area (Å²) in [7, 11) is 1.72. The minimum absolute atomic E-state index is 0.243. The van der Waals surface area contributed by atoms with Crippen molar-refractivity contribution in [3.63, 3.8) is 0 Å². The van der Waals surface area contributed by atoms with Crippen molar-refractivity contribution in [2.75, 3.05) is 7.11 Å². The molecular formula is C16H20N2O. The second-order valence-corrected chi connectivity index (χ2v) is 4.61. The van der Waals surface area contributed by atoms with Crippen LogP contribution in [0.3, 0.4) is 0 Å². The number of benzene rings is 1. The van der Waals surface area contributed by atoms with Crippen molar-refractivity contribution in [1.29, 1.82) is 0 Å². The van der Waals surface area contributed by atoms with Crippen molar-refractivity contribution in [3.8, 4) is 0 Å². The molecule has 0 saturated carbocycles. The smallest absolute Gasteiger partial charge is 0.0713 e. The van der Waals surface area contributed by atoms with Crippen molar-refractivity contribution >= 4 is 0 Å². The fourth-order valence-electron chi connectivity index (χ4n) is 2.00. The molecule has 1 atom stereocenters. The average Bonchev–Trinajstić information content (AvgIpc) is 2.46. The van der Waals surface area contributed by atoms with Crippen LogP contribution in [0.15, 0.2) is 48.7 Å². The fourth-order valence-corrected chi connectivity index (χ4v) is 2.00. The van der Waals surface area contributed by atoms with Gasteiger partial charge in [-0.15, -0.1) is 0 Å². The van der Waals surface area contributed by atoms with Crippen LogP contribution in [-0.4, -0.2) is 12.1 Å². The van der Waals surface area contributed by atoms with Crippen molar-refractivity contribution in [1.82, 2.24) is 10.3 Å². The second kappa shape index (κ2) is 7.02. The van der Waals surface area contributed by atoms with Gasteiger partial charge in [0.2, 0.25) is 0 Å². The molecule has 0 aliphatic carbocycles. The summed E-state index contributed by atoms with van der Waals surface area (Å²) in [6.45, 7) is 3.61. The lowest BCUT2D eigenvalue weighted by Gasteiger charge is -2.13. The van der Waals surface area contributed by atoms with Crippen LogP contribution in [0, 0.1) is 0 Å². The monoisotopic (exact) mass is 256 g/mol. The molecular weight excluding hydrogens is 236 g/mol. The van der Waals surface area contributed by atoms with E-state index in [0.29, 0.717) is 6.61 Å². The van der Waals surface area contributed by atoms with E-state index < -0.39 is 0 Å². The molecule has 1 N–H and O–H groups in total. The molecule has 0 bridgehead atoms. The zero-order valence-electron chi connectivity index (χ0n) is 11.5. The Morgan fingerprint density at radius 3 is 2.74 bits per heavy atom. The Labute approximate surface area is 114 Å². The third-order valence-corrected chi connectivity index (χ3v) is 3.05. The van der Waals surface area contributed by atoms with E-state index in [1.807, 2.05) is 24.4 Å². The Hall–Kier alpha value is -1.71. The Morgan fingerprint density at radius 2 is 2.00 bits per heavy atom. The maximum atomic E-state index is 5.15. The van der Waals surface area contributed by atoms with E-state index >= 15 is 0 Å². The molecule has 19 heavy (non-hydrogen) atoms. The molecule has 3 nitrogen and oxygen atoms in total. The molecule has 0 fully saturated rings. The molecule has 1 heterocycles. The number of nitrogens with one attached hydrogen (secondary N) is 1. The quantitative estimate of drug-likeness (QED) is 0.862. The van der Waals surface area contributed by atoms with Gasteiger partial charge in [-0.25, -0.2) is 0 Å². The number of rotatable bonds is 6. The molecule has 0 aliphatic heterocycles. The molecule has 1 aromatic carbocycles. The number of ether oxygens (including phenoxy) is 1. The molecule has 0 aliphatic rings. The summed E-state index contributed by atoms with van der Waals surface area (Å²) < 4.78 is 5.15. The minimum atomic E-state index is 0.243. The van der Waals surface area contributed by atoms with Crippen molar-refractivity contribution in [3.05, 3.63) is 65.5 Å². The predicted molar refractivity (Wildman–Crippen MR) is 76.6 cm³/mol. The van der Waals surface area contributed by atoms with E-state index in [4.69, 9.17) is 4.74 Å². The predicted octanol–water partition coefficient (Wildman–Crippen LogP) is 3.08. The van der Waals surface area contributed by atoms with Gasteiger partial charge >= 0.3 is 0 Å². The summed E-state index contributed by atoms with van der Waals surface area (Å²) in [4.78, 5) is 4.36. The lowest BCUT2D eigenvalue weighted by atomic mass is 10.1. The average molecular weight is 256 g/mol. The van der Waals surface area contributed by atoms with E-state index in [1.165, 1.54) is 11.1 Å². The maximum Gasteiger partial charge on any atom is 0.0713 e. The summed E-state index contributed by atoms with van der Waals surface area (Å²) in [5.74, 6) is 0. The topological polar surface area (TPSA) is 34.1 Å². The van der Waals surface area contributed by atoms with Crippen molar-refractivity contribution in [2.24, 2.45) is 0 Å². The highest BCUT2D eigenvalue weighted by atomic mass is 16.5. The zero-order valence-corrected chi connectivity index (χ0v) is 11.5. The van der Waals surface area contributed by atoms with Gasteiger partial charge < -0.3 is 10.1 Å². The third-order valence-electron chi connectivity index (χ3n) is 3.05. The maximum absolute atomic E-state index is 5.15. The van der Waals surface area contributed by atoms with E-state index in [1.54, 1.807) is 7.11 Å². The van der Waals surface area contributed by atoms with Gasteiger partial charge in [0.25, 0.3) is 0 Å². The Kier molecular flexibility index (Phi) is 5.07. The third kappa shape index (κ3) is 4.16. The van der Waals surface area contributed by atoms with Crippen LogP contribution >= 0.6 is 0 Å². The largest absolute Gasteiger partial charge is 0.380 e. The molecule has 2 rings (SSSR count). The lowest BCUT2D eigenvalue weighted by Crippen LogP contribution is -2.19. The van der Waals surface area contributed by atoms with Crippen LogP contribution in [0.2, 0.25) is 0 Å². The first-order chi connectivity index (χ1) is 9.29. The molecule has 1 unspecified atom stereocenters. The zero-order chi connectivity index (χ0) is 13.5. The highest BCUT2D eigenvalue weighted by Gasteiger charge is 2.05. The molecule has 100 valence electrons. The molecule has 3 heteroatoms. The number of aromatic nitrogens is 1. The lowest BCUT2D eigenvalue weighted by molar-refractivity contribution is 0.185. The number of pyridine rings is 1. The summed E-state index contributed by atoms with van der Waals surface area (Å²) in [5.41, 5.74) is 3.53. The van der Waals surface area contributed by atoms with Gasteiger partial charge in [0.05, 0.1) is 12.3 Å². The van der Waals surface area contributed by atoms with Crippen LogP contribution in [0.4, 0.5) is 0 Å². The summed E-state index contributed by atoms with van der Waals surface area (Å²) in [6, 6.07) is 14.7. The molecule has 1 aromatic heterocycles. The van der Waals surface area contributed by atoms with E-state index in [9.17, 15) is 0 Å². The highest BCUT2D eigenvalue weighted by Crippen LogP contribution is 2.11. The summed E-state index contributed by atoms with van der Waals surface area (Å²) in [5, 5.41) is 3.48. The number of methoxy groups -OCH3 is 1. The fraction of sp³-hybridized carbons (Fsp3) is 0.312. The Bertz CT molecular complexity index is 499. The second-order valence-electron chi connectivity index (χ2n) is 4.61. The summed E-state index contributed by atoms with van der Waals surface area (Å²) in [6.07, 6.45) is 1.83. The number of nitrogens with zero attached hydrogens (tertiary/aromatic N) is 1. The van der Waals surface area contributed by atoms with Crippen LogP contribution < -0.4 is 5.32 Å². The standard InChI is InChI=1S/C16H20N2O/c1-13(16-8-3-4-9-17-16)18-11-14-6-5-7-15(10-14)12-19-2/h3-10,13,18H,11-12H2,1-2H3. The van der Waals surface area contributed by atoms with Crippen LogP contribution in [0.25, 0.3) is 0 Å². The van der Waals surface area contributed by atoms with Crippen LogP contribution in [0.1, 0.15) is 29.8 Å². The van der Waals surface area contributed by atoms with E-state index in [0.717, 1.165) is 12.2 Å². The molecule has 0 amide bonds. The minimum Gasteiger partial charge on any atom is -0.380 e. The van der Waals surface area contributed by atoms with Gasteiger partial charge in [-0.3, -0.25) is 4.98 Å². The van der Waals surface area contributed by atoms with Crippen molar-refractivity contribution < 1.29 is 4.74 Å². The Morgan fingerprint density at radius 1 is 1.16 bits per heavy atom. The van der Waals surface area contributed by atoms with Gasteiger partial charge in [-0.05, 0) is 30.2 Å². The van der Waals surface area contributed by atoms with Crippen LogP contribution in [-0.2, 0) is 17.9 Å². The SMILES string of the molecule is COCc1cccc(CNC(C)c2ccccn2)c1. The number of hydrogen-bond acceptors (Lipinski definition) is 3. The van der Waals surface area contributed by atoms with Gasteiger partial charge in [0.1, 0.15) is 0 Å². The van der Waals surface area contributed by atoms with Crippen molar-refractivity contribution in [2.45, 2.75) is 26.1 Å². The molecule has 2 aromatic rings. The van der Waals surface area contributed by atoms with E-state index in [2.05, 4.69) is 41.5 Å². The van der Waals surface area contributed by atoms with Gasteiger partial charge in [0.15, 0.2) is 0 Å². The van der Waals surface area contributed by atoms with Gasteiger partial charge in [0, 0.05) is 25.9 Å².